The van der Waals surface area contributed by atoms with Gasteiger partial charge in [-0.2, -0.15) is 10.4 Å². The Balaban J connectivity index is 2.19. The fourth-order valence-electron chi connectivity index (χ4n) is 1.77. The third kappa shape index (κ3) is 4.49. The summed E-state index contributed by atoms with van der Waals surface area (Å²) in [7, 11) is 0. The van der Waals surface area contributed by atoms with Crippen LogP contribution in [0.15, 0.2) is 36.2 Å². The summed E-state index contributed by atoms with van der Waals surface area (Å²) in [6, 6.07) is 6.70. The van der Waals surface area contributed by atoms with Gasteiger partial charge in [0.25, 0.3) is 5.91 Å². The van der Waals surface area contributed by atoms with Gasteiger partial charge >= 0.3 is 0 Å². The Morgan fingerprint density at radius 2 is 2.22 bits per heavy atom. The second-order valence-electron chi connectivity index (χ2n) is 4.45. The summed E-state index contributed by atoms with van der Waals surface area (Å²) in [6.07, 6.45) is 4.68. The van der Waals surface area contributed by atoms with Gasteiger partial charge in [-0.1, -0.05) is 29.3 Å². The molecule has 0 unspecified atom stereocenters. The number of alkyl halides is 1. The van der Waals surface area contributed by atoms with E-state index in [1.807, 2.05) is 6.07 Å². The van der Waals surface area contributed by atoms with Crippen LogP contribution in [0.25, 0.3) is 6.08 Å². The van der Waals surface area contributed by atoms with Crippen LogP contribution in [0.3, 0.4) is 0 Å². The molecule has 0 radical (unpaired) electrons. The largest absolute Gasteiger partial charge is 0.320 e. The number of carbonyl (C=O) groups excluding carboxylic acids is 1. The lowest BCUT2D eigenvalue weighted by Gasteiger charge is -2.07. The van der Waals surface area contributed by atoms with Crippen LogP contribution in [0.1, 0.15) is 5.56 Å². The number of nitrogens with zero attached hydrogens (tertiary/aromatic N) is 3. The molecule has 0 bridgehead atoms. The quantitative estimate of drug-likeness (QED) is 0.492. The zero-order chi connectivity index (χ0) is 16.8. The first kappa shape index (κ1) is 17.4. The lowest BCUT2D eigenvalue weighted by atomic mass is 10.2. The summed E-state index contributed by atoms with van der Waals surface area (Å²) in [5.41, 5.74) is 0.883. The summed E-state index contributed by atoms with van der Waals surface area (Å²) in [5.74, 6) is -0.161. The summed E-state index contributed by atoms with van der Waals surface area (Å²) >= 11 is 17.5. The molecular weight excluding hydrogens is 359 g/mol. The number of halogens is 3. The Labute approximate surface area is 148 Å². The first-order valence-electron chi connectivity index (χ1n) is 6.50. The minimum absolute atomic E-state index is 0.0773. The molecule has 0 saturated heterocycles. The normalized spacial score (nSPS) is 11.1. The zero-order valence-electron chi connectivity index (χ0n) is 11.8. The van der Waals surface area contributed by atoms with Gasteiger partial charge < -0.3 is 5.32 Å². The van der Waals surface area contributed by atoms with Crippen LogP contribution >= 0.6 is 34.8 Å². The Bertz CT molecular complexity index is 792. The van der Waals surface area contributed by atoms with E-state index in [1.165, 1.54) is 6.08 Å². The SMILES string of the molecule is N#CC(=Cc1cnn(CCCl)c1)C(=O)Nc1cccc(Cl)c1Cl. The van der Waals surface area contributed by atoms with Crippen molar-refractivity contribution in [3.8, 4) is 6.07 Å². The van der Waals surface area contributed by atoms with Gasteiger partial charge in [-0.3, -0.25) is 9.48 Å². The molecule has 2 aromatic rings. The van der Waals surface area contributed by atoms with E-state index in [2.05, 4.69) is 10.4 Å². The van der Waals surface area contributed by atoms with Crippen molar-refractivity contribution in [3.63, 3.8) is 0 Å². The van der Waals surface area contributed by atoms with Crippen LogP contribution in [0.4, 0.5) is 5.69 Å². The molecule has 0 aliphatic heterocycles. The number of hydrogen-bond donors (Lipinski definition) is 1. The molecule has 0 aliphatic rings. The van der Waals surface area contributed by atoms with Crippen molar-refractivity contribution < 1.29 is 4.79 Å². The van der Waals surface area contributed by atoms with Crippen molar-refractivity contribution in [3.05, 3.63) is 51.8 Å². The maximum absolute atomic E-state index is 12.2. The summed E-state index contributed by atoms with van der Waals surface area (Å²) in [4.78, 5) is 12.2. The number of nitriles is 1. The van der Waals surface area contributed by atoms with Gasteiger partial charge in [0.05, 0.1) is 28.5 Å². The monoisotopic (exact) mass is 368 g/mol. The standard InChI is InChI=1S/C15H11Cl3N4O/c16-4-5-22-9-10(8-20-22)6-11(7-19)15(23)21-13-3-1-2-12(17)14(13)18/h1-3,6,8-9H,4-5H2,(H,21,23). The highest BCUT2D eigenvalue weighted by atomic mass is 35.5. The molecule has 2 rings (SSSR count). The fraction of sp³-hybridized carbons (Fsp3) is 0.133. The average molecular weight is 370 g/mol. The van der Waals surface area contributed by atoms with Crippen molar-refractivity contribution in [2.75, 3.05) is 11.2 Å². The van der Waals surface area contributed by atoms with Gasteiger partial charge in [0.1, 0.15) is 11.6 Å². The van der Waals surface area contributed by atoms with E-state index in [1.54, 1.807) is 35.3 Å². The molecule has 0 fully saturated rings. The molecule has 5 nitrogen and oxygen atoms in total. The van der Waals surface area contributed by atoms with Crippen LogP contribution in [0, 0.1) is 11.3 Å². The molecule has 0 aliphatic carbocycles. The summed E-state index contributed by atoms with van der Waals surface area (Å²) < 4.78 is 1.62. The lowest BCUT2D eigenvalue weighted by molar-refractivity contribution is -0.112. The molecule has 1 amide bonds. The van der Waals surface area contributed by atoms with E-state index in [9.17, 15) is 10.1 Å². The van der Waals surface area contributed by atoms with E-state index >= 15 is 0 Å². The van der Waals surface area contributed by atoms with Crippen LogP contribution < -0.4 is 5.32 Å². The van der Waals surface area contributed by atoms with Crippen LogP contribution in [0.5, 0.6) is 0 Å². The number of aromatic nitrogens is 2. The topological polar surface area (TPSA) is 70.7 Å². The van der Waals surface area contributed by atoms with E-state index in [4.69, 9.17) is 34.8 Å². The van der Waals surface area contributed by atoms with Gasteiger partial charge in [0, 0.05) is 17.6 Å². The van der Waals surface area contributed by atoms with Crippen molar-refractivity contribution >= 4 is 52.5 Å². The molecule has 0 atom stereocenters. The zero-order valence-corrected chi connectivity index (χ0v) is 14.0. The number of nitrogens with one attached hydrogen (secondary N) is 1. The van der Waals surface area contributed by atoms with Crippen LogP contribution in [0.2, 0.25) is 10.0 Å². The number of hydrogen-bond acceptors (Lipinski definition) is 3. The van der Waals surface area contributed by atoms with Gasteiger partial charge in [0.15, 0.2) is 0 Å². The Hall–Kier alpha value is -2.00. The van der Waals surface area contributed by atoms with Crippen molar-refractivity contribution in [2.24, 2.45) is 0 Å². The van der Waals surface area contributed by atoms with Crippen LogP contribution in [-0.2, 0) is 11.3 Å². The Kier molecular flexibility index (Phi) is 6.05. The van der Waals surface area contributed by atoms with Crippen molar-refractivity contribution in [1.29, 1.82) is 5.26 Å². The molecule has 8 heteroatoms. The number of amides is 1. The minimum Gasteiger partial charge on any atom is -0.320 e. The van der Waals surface area contributed by atoms with Gasteiger partial charge in [-0.25, -0.2) is 0 Å². The molecular formula is C15H11Cl3N4O. The van der Waals surface area contributed by atoms with Gasteiger partial charge in [0.2, 0.25) is 0 Å². The molecule has 1 aromatic heterocycles. The highest BCUT2D eigenvalue weighted by Crippen LogP contribution is 2.29. The van der Waals surface area contributed by atoms with Crippen molar-refractivity contribution in [1.82, 2.24) is 9.78 Å². The number of anilines is 1. The van der Waals surface area contributed by atoms with E-state index in [0.717, 1.165) is 0 Å². The number of rotatable bonds is 5. The Morgan fingerprint density at radius 3 is 2.91 bits per heavy atom. The first-order valence-corrected chi connectivity index (χ1v) is 7.79. The predicted octanol–water partition coefficient (Wildman–Crippen LogP) is 3.97. The number of carbonyl (C=O) groups is 1. The molecule has 1 aromatic carbocycles. The van der Waals surface area contributed by atoms with Gasteiger partial charge in [-0.05, 0) is 18.2 Å². The molecule has 1 N–H and O–H groups in total. The van der Waals surface area contributed by atoms with Gasteiger partial charge in [-0.15, -0.1) is 11.6 Å². The average Bonchev–Trinajstić information content (AvgIpc) is 2.97. The highest BCUT2D eigenvalue weighted by Gasteiger charge is 2.13. The molecule has 1 heterocycles. The predicted molar refractivity (Wildman–Crippen MR) is 91.6 cm³/mol. The lowest BCUT2D eigenvalue weighted by Crippen LogP contribution is -2.13. The Morgan fingerprint density at radius 1 is 1.43 bits per heavy atom. The van der Waals surface area contributed by atoms with E-state index < -0.39 is 5.91 Å². The smallest absolute Gasteiger partial charge is 0.266 e. The number of benzene rings is 1. The minimum atomic E-state index is -0.582. The maximum atomic E-state index is 12.2. The first-order chi connectivity index (χ1) is 11.0. The number of aryl methyl sites for hydroxylation is 1. The summed E-state index contributed by atoms with van der Waals surface area (Å²) in [6.45, 7) is 0.543. The fourth-order valence-corrected chi connectivity index (χ4v) is 2.29. The molecule has 0 spiro atoms. The van der Waals surface area contributed by atoms with E-state index in [-0.39, 0.29) is 10.6 Å². The summed E-state index contributed by atoms with van der Waals surface area (Å²) in [5, 5.41) is 16.3. The second-order valence-corrected chi connectivity index (χ2v) is 5.61. The third-order valence-electron chi connectivity index (χ3n) is 2.84. The third-order valence-corrected chi connectivity index (χ3v) is 3.83. The maximum Gasteiger partial charge on any atom is 0.266 e. The molecule has 0 saturated carbocycles. The molecule has 118 valence electrons. The second kappa shape index (κ2) is 8.02. The van der Waals surface area contributed by atoms with Crippen LogP contribution in [-0.4, -0.2) is 21.6 Å². The molecule has 23 heavy (non-hydrogen) atoms. The highest BCUT2D eigenvalue weighted by molar-refractivity contribution is 6.44. The van der Waals surface area contributed by atoms with E-state index in [0.29, 0.717) is 28.7 Å². The van der Waals surface area contributed by atoms with Crippen molar-refractivity contribution in [2.45, 2.75) is 6.54 Å².